The fourth-order valence-electron chi connectivity index (χ4n) is 5.16. The number of carbonyl (C=O) groups excluding carboxylic acids is 4. The van der Waals surface area contributed by atoms with E-state index in [1.807, 2.05) is 54.6 Å². The van der Waals surface area contributed by atoms with Gasteiger partial charge in [0, 0.05) is 44.8 Å². The number of hydrogen-bond acceptors (Lipinski definition) is 6. The summed E-state index contributed by atoms with van der Waals surface area (Å²) >= 11 is 0. The highest BCUT2D eigenvalue weighted by atomic mass is 16.2. The van der Waals surface area contributed by atoms with E-state index >= 15 is 0 Å². The van der Waals surface area contributed by atoms with Gasteiger partial charge in [-0.25, -0.2) is 4.68 Å². The first-order valence-corrected chi connectivity index (χ1v) is 13.9. The number of hydrogen-bond donors (Lipinski definition) is 3. The minimum Gasteiger partial charge on any atom is -0.354 e. The number of carbonyl (C=O) groups is 4. The van der Waals surface area contributed by atoms with E-state index in [0.29, 0.717) is 57.2 Å². The summed E-state index contributed by atoms with van der Waals surface area (Å²) in [4.78, 5) is 51.3. The van der Waals surface area contributed by atoms with Crippen molar-refractivity contribution in [2.45, 2.75) is 69.5 Å². The summed E-state index contributed by atoms with van der Waals surface area (Å²) < 4.78 is 1.58. The standard InChI is InChI=1S/C30H34N6O4/c37-24-14-13-23-19-36(35-34-23)27(18-20-6-2-1-3-7-20)30(40)31-15-5-4-8-25-28(38)33-26(29(39)32-25)17-22-11-9-21(16-24)10-12-22/h1-3,6-7,9-12,19,25-27H,4-5,8,13-18H2,(H,31,40)(H,32,39)(H,33,38)/t25-,26-,27-/m0/s1. The van der Waals surface area contributed by atoms with E-state index in [2.05, 4.69) is 26.3 Å². The van der Waals surface area contributed by atoms with Crippen molar-refractivity contribution < 1.29 is 19.2 Å². The Balaban J connectivity index is 1.33. The van der Waals surface area contributed by atoms with Gasteiger partial charge in [0.2, 0.25) is 17.7 Å². The molecule has 6 bridgehead atoms. The Hall–Kier alpha value is -4.34. The molecular weight excluding hydrogens is 508 g/mol. The number of fused-ring (bicyclic) bond motifs is 2. The average Bonchev–Trinajstić information content (AvgIpc) is 3.42. The van der Waals surface area contributed by atoms with Crippen molar-refractivity contribution >= 4 is 23.5 Å². The quantitative estimate of drug-likeness (QED) is 0.451. The van der Waals surface area contributed by atoms with Crippen molar-refractivity contribution in [1.29, 1.82) is 0 Å². The number of ketones is 1. The van der Waals surface area contributed by atoms with Crippen molar-refractivity contribution in [3.05, 3.63) is 83.2 Å². The first-order valence-electron chi connectivity index (χ1n) is 13.9. The SMILES string of the molecule is O=C1CCc2cn(nn2)[C@@H](Cc2ccccc2)C(=O)NCCCC[C@@H]2NC(=O)[C@H](Cc3ccc(cc3)C1)NC2=O. The van der Waals surface area contributed by atoms with Crippen molar-refractivity contribution in [3.63, 3.8) is 0 Å². The predicted octanol–water partition coefficient (Wildman–Crippen LogP) is 1.63. The van der Waals surface area contributed by atoms with Gasteiger partial charge >= 0.3 is 0 Å². The molecule has 10 nitrogen and oxygen atoms in total. The van der Waals surface area contributed by atoms with Crippen LogP contribution in [-0.2, 0) is 44.9 Å². The molecule has 3 atom stereocenters. The van der Waals surface area contributed by atoms with Crippen molar-refractivity contribution in [2.24, 2.45) is 0 Å². The molecule has 3 aromatic rings. The molecule has 0 radical (unpaired) electrons. The third-order valence-electron chi connectivity index (χ3n) is 7.46. The van der Waals surface area contributed by atoms with Crippen molar-refractivity contribution in [1.82, 2.24) is 30.9 Å². The largest absolute Gasteiger partial charge is 0.354 e. The smallest absolute Gasteiger partial charge is 0.245 e. The number of nitrogens with one attached hydrogen (secondary N) is 3. The molecule has 3 amide bonds. The molecule has 7 rings (SSSR count). The lowest BCUT2D eigenvalue weighted by Crippen LogP contribution is -2.62. The second-order valence-corrected chi connectivity index (χ2v) is 10.5. The molecule has 1 saturated heterocycles. The molecule has 0 aliphatic carbocycles. The van der Waals surface area contributed by atoms with Gasteiger partial charge in [-0.2, -0.15) is 0 Å². The maximum atomic E-state index is 13.3. The lowest BCUT2D eigenvalue weighted by atomic mass is 9.98. The van der Waals surface area contributed by atoms with Gasteiger partial charge < -0.3 is 16.0 Å². The molecule has 0 unspecified atom stereocenters. The highest BCUT2D eigenvalue weighted by Crippen LogP contribution is 2.17. The zero-order valence-corrected chi connectivity index (χ0v) is 22.3. The van der Waals surface area contributed by atoms with Gasteiger partial charge in [-0.1, -0.05) is 59.8 Å². The van der Waals surface area contributed by atoms with Crippen LogP contribution < -0.4 is 16.0 Å². The molecule has 0 saturated carbocycles. The third-order valence-corrected chi connectivity index (χ3v) is 7.46. The highest BCUT2D eigenvalue weighted by Gasteiger charge is 2.33. The molecule has 0 spiro atoms. The zero-order chi connectivity index (χ0) is 27.9. The zero-order valence-electron chi connectivity index (χ0n) is 22.3. The Bertz CT molecular complexity index is 1350. The van der Waals surface area contributed by atoms with Crippen LogP contribution in [0, 0.1) is 0 Å². The van der Waals surface area contributed by atoms with Crippen molar-refractivity contribution in [2.75, 3.05) is 6.54 Å². The Labute approximate surface area is 232 Å². The predicted molar refractivity (Wildman–Crippen MR) is 147 cm³/mol. The Morgan fingerprint density at radius 3 is 2.33 bits per heavy atom. The molecule has 10 heteroatoms. The van der Waals surface area contributed by atoms with E-state index in [1.165, 1.54) is 0 Å². The number of benzene rings is 2. The number of amides is 3. The first-order chi connectivity index (χ1) is 19.4. The summed E-state index contributed by atoms with van der Waals surface area (Å²) in [5.74, 6) is -0.501. The summed E-state index contributed by atoms with van der Waals surface area (Å²) in [7, 11) is 0. The van der Waals surface area contributed by atoms with Crippen LogP contribution in [0.4, 0.5) is 0 Å². The van der Waals surface area contributed by atoms with Gasteiger partial charge in [-0.15, -0.1) is 5.10 Å². The molecule has 40 heavy (non-hydrogen) atoms. The molecule has 1 fully saturated rings. The molecule has 5 heterocycles. The summed E-state index contributed by atoms with van der Waals surface area (Å²) in [6, 6.07) is 15.5. The Morgan fingerprint density at radius 2 is 1.52 bits per heavy atom. The van der Waals surface area contributed by atoms with Crippen LogP contribution in [-0.4, -0.2) is 57.1 Å². The van der Waals surface area contributed by atoms with E-state index in [-0.39, 0.29) is 29.9 Å². The van der Waals surface area contributed by atoms with Crippen LogP contribution in [0.15, 0.2) is 60.8 Å². The lowest BCUT2D eigenvalue weighted by molar-refractivity contribution is -0.136. The van der Waals surface area contributed by atoms with E-state index in [9.17, 15) is 19.2 Å². The first kappa shape index (κ1) is 27.2. The van der Waals surface area contributed by atoms with Crippen LogP contribution in [0.25, 0.3) is 0 Å². The van der Waals surface area contributed by atoms with Crippen LogP contribution in [0.5, 0.6) is 0 Å². The number of aryl methyl sites for hydroxylation is 1. The van der Waals surface area contributed by atoms with Gasteiger partial charge in [-0.05, 0) is 36.0 Å². The molecule has 4 aliphatic rings. The van der Waals surface area contributed by atoms with E-state index < -0.39 is 18.1 Å². The molecule has 4 aliphatic heterocycles. The summed E-state index contributed by atoms with van der Waals surface area (Å²) in [5.41, 5.74) is 3.45. The van der Waals surface area contributed by atoms with Gasteiger partial charge in [-0.3, -0.25) is 19.2 Å². The minimum atomic E-state index is -0.633. The van der Waals surface area contributed by atoms with Gasteiger partial charge in [0.15, 0.2) is 0 Å². The third kappa shape index (κ3) is 6.99. The molecular formula is C30H34N6O4. The normalized spacial score (nSPS) is 22.9. The van der Waals surface area contributed by atoms with Gasteiger partial charge in [0.1, 0.15) is 23.9 Å². The molecule has 2 aromatic carbocycles. The maximum absolute atomic E-state index is 13.3. The van der Waals surface area contributed by atoms with Crippen LogP contribution in [0.1, 0.15) is 54.1 Å². The highest BCUT2D eigenvalue weighted by molar-refractivity contribution is 5.97. The second-order valence-electron chi connectivity index (χ2n) is 10.5. The Kier molecular flexibility index (Phi) is 8.63. The number of Topliss-reactive ketones (excluding diaryl/α,β-unsaturated/α-hetero) is 1. The number of nitrogens with zero attached hydrogens (tertiary/aromatic N) is 3. The number of aromatic nitrogens is 3. The maximum Gasteiger partial charge on any atom is 0.245 e. The fraction of sp³-hybridized carbons (Fsp3) is 0.400. The number of rotatable bonds is 2. The topological polar surface area (TPSA) is 135 Å². The number of piperazine rings is 1. The molecule has 208 valence electrons. The second kappa shape index (κ2) is 12.7. The van der Waals surface area contributed by atoms with Crippen LogP contribution in [0.3, 0.4) is 0 Å². The molecule has 3 N–H and O–H groups in total. The molecule has 1 aromatic heterocycles. The monoisotopic (exact) mass is 542 g/mol. The fourth-order valence-corrected chi connectivity index (χ4v) is 5.16. The van der Waals surface area contributed by atoms with Gasteiger partial charge in [0.25, 0.3) is 0 Å². The Morgan fingerprint density at radius 1 is 0.800 bits per heavy atom. The minimum absolute atomic E-state index is 0.0734. The van der Waals surface area contributed by atoms with Gasteiger partial charge in [0.05, 0.1) is 5.69 Å². The van der Waals surface area contributed by atoms with Crippen LogP contribution in [0.2, 0.25) is 0 Å². The lowest BCUT2D eigenvalue weighted by Gasteiger charge is -2.29. The van der Waals surface area contributed by atoms with E-state index in [4.69, 9.17) is 0 Å². The average molecular weight is 543 g/mol. The summed E-state index contributed by atoms with van der Waals surface area (Å²) in [5, 5.41) is 17.2. The van der Waals surface area contributed by atoms with Crippen molar-refractivity contribution in [3.8, 4) is 0 Å². The van der Waals surface area contributed by atoms with E-state index in [0.717, 1.165) is 16.7 Å². The van der Waals surface area contributed by atoms with Crippen LogP contribution >= 0.6 is 0 Å². The summed E-state index contributed by atoms with van der Waals surface area (Å²) in [6.07, 6.45) is 5.42. The van der Waals surface area contributed by atoms with E-state index in [1.54, 1.807) is 10.9 Å². The summed E-state index contributed by atoms with van der Waals surface area (Å²) in [6.45, 7) is 0.431.